The third-order valence-corrected chi connectivity index (χ3v) is 4.90. The Kier molecular flexibility index (Phi) is 4.28. The second-order valence-corrected chi connectivity index (χ2v) is 6.53. The van der Waals surface area contributed by atoms with Crippen molar-refractivity contribution in [2.75, 3.05) is 7.11 Å². The number of hydrogen-bond acceptors (Lipinski definition) is 5. The maximum atomic E-state index is 12.4. The molecule has 2 bridgehead atoms. The van der Waals surface area contributed by atoms with E-state index >= 15 is 0 Å². The van der Waals surface area contributed by atoms with Crippen molar-refractivity contribution >= 4 is 5.91 Å². The van der Waals surface area contributed by atoms with Gasteiger partial charge in [-0.2, -0.15) is 0 Å². The lowest BCUT2D eigenvalue weighted by molar-refractivity contribution is 0.0931. The average molecular weight is 339 g/mol. The van der Waals surface area contributed by atoms with Crippen LogP contribution in [0.25, 0.3) is 0 Å². The molecule has 1 aromatic carbocycles. The fourth-order valence-electron chi connectivity index (χ4n) is 3.58. The number of pyridine rings is 1. The third-order valence-electron chi connectivity index (χ3n) is 4.90. The number of hydrogen-bond donors (Lipinski definition) is 2. The smallest absolute Gasteiger partial charge is 0.251 e. The van der Waals surface area contributed by atoms with E-state index in [2.05, 4.69) is 15.6 Å². The number of benzene rings is 1. The van der Waals surface area contributed by atoms with Crippen molar-refractivity contribution in [1.82, 2.24) is 15.6 Å². The number of ether oxygens (including phenoxy) is 2. The van der Waals surface area contributed by atoms with Gasteiger partial charge in [-0.1, -0.05) is 0 Å². The summed E-state index contributed by atoms with van der Waals surface area (Å²) in [4.78, 5) is 16.6. The molecule has 25 heavy (non-hydrogen) atoms. The normalized spacial score (nSPS) is 24.1. The van der Waals surface area contributed by atoms with E-state index in [9.17, 15) is 4.79 Å². The predicted octanol–water partition coefficient (Wildman–Crippen LogP) is 2.51. The van der Waals surface area contributed by atoms with E-state index < -0.39 is 0 Å². The van der Waals surface area contributed by atoms with Gasteiger partial charge in [0.1, 0.15) is 11.5 Å². The van der Waals surface area contributed by atoms with Gasteiger partial charge in [0.25, 0.3) is 5.91 Å². The monoisotopic (exact) mass is 339 g/mol. The van der Waals surface area contributed by atoms with Crippen LogP contribution in [0.5, 0.6) is 17.4 Å². The highest BCUT2D eigenvalue weighted by molar-refractivity contribution is 5.94. The molecular formula is C19H21N3O3. The molecule has 0 unspecified atom stereocenters. The van der Waals surface area contributed by atoms with Gasteiger partial charge in [0.15, 0.2) is 0 Å². The van der Waals surface area contributed by atoms with Crippen LogP contribution in [-0.4, -0.2) is 36.1 Å². The number of nitrogens with zero attached hydrogens (tertiary/aromatic N) is 1. The summed E-state index contributed by atoms with van der Waals surface area (Å²) in [5.74, 6) is 1.75. The lowest BCUT2D eigenvalue weighted by Crippen LogP contribution is -2.42. The van der Waals surface area contributed by atoms with Gasteiger partial charge in [-0.05, 0) is 49.6 Å². The fraction of sp³-hybridized carbons (Fsp3) is 0.368. The van der Waals surface area contributed by atoms with E-state index in [1.54, 1.807) is 49.7 Å². The maximum absolute atomic E-state index is 12.4. The third kappa shape index (κ3) is 3.44. The molecule has 6 nitrogen and oxygen atoms in total. The van der Waals surface area contributed by atoms with Gasteiger partial charge in [-0.15, -0.1) is 0 Å². The lowest BCUT2D eigenvalue weighted by Gasteiger charge is -2.21. The zero-order valence-electron chi connectivity index (χ0n) is 14.1. The van der Waals surface area contributed by atoms with E-state index in [0.717, 1.165) is 12.8 Å². The van der Waals surface area contributed by atoms with Gasteiger partial charge < -0.3 is 20.1 Å². The number of rotatable bonds is 5. The summed E-state index contributed by atoms with van der Waals surface area (Å²) < 4.78 is 10.7. The molecule has 3 atom stereocenters. The second-order valence-electron chi connectivity index (χ2n) is 6.53. The maximum Gasteiger partial charge on any atom is 0.251 e. The van der Waals surface area contributed by atoms with Crippen LogP contribution in [0.4, 0.5) is 0 Å². The first-order chi connectivity index (χ1) is 12.2. The summed E-state index contributed by atoms with van der Waals surface area (Å²) in [6.07, 6.45) is 5.00. The van der Waals surface area contributed by atoms with E-state index in [1.165, 1.54) is 6.42 Å². The molecule has 2 fully saturated rings. The molecular weight excluding hydrogens is 318 g/mol. The van der Waals surface area contributed by atoms with Crippen LogP contribution < -0.4 is 20.1 Å². The number of amides is 1. The van der Waals surface area contributed by atoms with Gasteiger partial charge in [-0.25, -0.2) is 4.98 Å². The number of methoxy groups -OCH3 is 1. The Labute approximate surface area is 146 Å². The van der Waals surface area contributed by atoms with Crippen molar-refractivity contribution in [1.29, 1.82) is 0 Å². The highest BCUT2D eigenvalue weighted by Gasteiger charge is 2.39. The van der Waals surface area contributed by atoms with E-state index in [-0.39, 0.29) is 11.9 Å². The van der Waals surface area contributed by atoms with Crippen LogP contribution in [0.1, 0.15) is 29.6 Å². The average Bonchev–Trinajstić information content (AvgIpc) is 3.26. The van der Waals surface area contributed by atoms with Crippen LogP contribution in [0, 0.1) is 0 Å². The van der Waals surface area contributed by atoms with E-state index in [0.29, 0.717) is 35.0 Å². The fourth-order valence-corrected chi connectivity index (χ4v) is 3.58. The first-order valence-corrected chi connectivity index (χ1v) is 8.56. The van der Waals surface area contributed by atoms with Gasteiger partial charge in [0.2, 0.25) is 5.88 Å². The molecule has 4 rings (SSSR count). The minimum Gasteiger partial charge on any atom is -0.495 e. The summed E-state index contributed by atoms with van der Waals surface area (Å²) in [7, 11) is 1.59. The number of carbonyl (C=O) groups excluding carboxylic acids is 1. The minimum atomic E-state index is -0.0338. The quantitative estimate of drug-likeness (QED) is 0.876. The molecule has 130 valence electrons. The van der Waals surface area contributed by atoms with Crippen LogP contribution >= 0.6 is 0 Å². The van der Waals surface area contributed by atoms with Crippen molar-refractivity contribution in [3.8, 4) is 17.4 Å². The summed E-state index contributed by atoms with van der Waals surface area (Å²) >= 11 is 0. The molecule has 0 radical (unpaired) electrons. The molecule has 2 N–H and O–H groups in total. The molecule has 0 saturated carbocycles. The first kappa shape index (κ1) is 15.9. The van der Waals surface area contributed by atoms with Gasteiger partial charge in [0, 0.05) is 29.8 Å². The molecule has 2 aliphatic heterocycles. The number of aromatic nitrogens is 1. The molecule has 2 aromatic rings. The van der Waals surface area contributed by atoms with Gasteiger partial charge >= 0.3 is 0 Å². The predicted molar refractivity (Wildman–Crippen MR) is 93.1 cm³/mol. The minimum absolute atomic E-state index is 0.0338. The highest BCUT2D eigenvalue weighted by atomic mass is 16.5. The SMILES string of the molecule is COc1ccc(Oc2ccc(C(=O)N[C@@H]3C[C@H]4CC[C@@H]3N4)cc2)nc1. The highest BCUT2D eigenvalue weighted by Crippen LogP contribution is 2.28. The van der Waals surface area contributed by atoms with Crippen molar-refractivity contribution in [3.63, 3.8) is 0 Å². The Morgan fingerprint density at radius 2 is 1.96 bits per heavy atom. The Morgan fingerprint density at radius 3 is 2.56 bits per heavy atom. The standard InChI is InChI=1S/C19H21N3O3/c1-24-15-7-9-18(20-11-15)25-14-5-2-12(3-6-14)19(23)22-17-10-13-4-8-16(17)21-13/h2-3,5-7,9,11,13,16-17,21H,4,8,10H2,1H3,(H,22,23)/t13-,16+,17-/m1/s1. The van der Waals surface area contributed by atoms with Gasteiger partial charge in [-0.3, -0.25) is 4.79 Å². The zero-order valence-corrected chi connectivity index (χ0v) is 14.1. The first-order valence-electron chi connectivity index (χ1n) is 8.56. The summed E-state index contributed by atoms with van der Waals surface area (Å²) in [6.45, 7) is 0. The van der Waals surface area contributed by atoms with Crippen LogP contribution in [0.2, 0.25) is 0 Å². The number of fused-ring (bicyclic) bond motifs is 2. The summed E-state index contributed by atoms with van der Waals surface area (Å²) in [5, 5.41) is 6.67. The Morgan fingerprint density at radius 1 is 1.16 bits per heavy atom. The number of nitrogens with one attached hydrogen (secondary N) is 2. The topological polar surface area (TPSA) is 72.5 Å². The molecule has 6 heteroatoms. The summed E-state index contributed by atoms with van der Waals surface area (Å²) in [5.41, 5.74) is 0.637. The molecule has 2 saturated heterocycles. The molecule has 0 aliphatic carbocycles. The molecule has 1 aromatic heterocycles. The zero-order chi connectivity index (χ0) is 17.2. The lowest BCUT2D eigenvalue weighted by atomic mass is 9.95. The molecule has 0 spiro atoms. The number of carbonyl (C=O) groups is 1. The van der Waals surface area contributed by atoms with Gasteiger partial charge in [0.05, 0.1) is 13.3 Å². The van der Waals surface area contributed by atoms with Crippen molar-refractivity contribution < 1.29 is 14.3 Å². The second kappa shape index (κ2) is 6.72. The molecule has 1 amide bonds. The Bertz CT molecular complexity index is 746. The van der Waals surface area contributed by atoms with Crippen molar-refractivity contribution in [3.05, 3.63) is 48.2 Å². The van der Waals surface area contributed by atoms with Crippen LogP contribution in [0.3, 0.4) is 0 Å². The van der Waals surface area contributed by atoms with Crippen LogP contribution in [-0.2, 0) is 0 Å². The van der Waals surface area contributed by atoms with Crippen molar-refractivity contribution in [2.24, 2.45) is 0 Å². The molecule has 3 heterocycles. The Hall–Kier alpha value is -2.60. The van der Waals surface area contributed by atoms with Crippen LogP contribution in [0.15, 0.2) is 42.6 Å². The van der Waals surface area contributed by atoms with E-state index in [1.807, 2.05) is 0 Å². The van der Waals surface area contributed by atoms with E-state index in [4.69, 9.17) is 9.47 Å². The summed E-state index contributed by atoms with van der Waals surface area (Å²) in [6, 6.07) is 11.9. The molecule has 2 aliphatic rings. The largest absolute Gasteiger partial charge is 0.495 e. The van der Waals surface area contributed by atoms with Crippen molar-refractivity contribution in [2.45, 2.75) is 37.4 Å². The Balaban J connectivity index is 1.36.